The molecule has 3 nitrogen and oxygen atoms in total. The third-order valence-electron chi connectivity index (χ3n) is 2.84. The van der Waals surface area contributed by atoms with Crippen LogP contribution < -0.4 is 0 Å². The first kappa shape index (κ1) is 15.6. The highest BCUT2D eigenvalue weighted by atomic mass is 19.1. The zero-order chi connectivity index (χ0) is 14.6. The maximum atomic E-state index is 13.1. The molecule has 0 aliphatic heterocycles. The van der Waals surface area contributed by atoms with Crippen LogP contribution in [0.1, 0.15) is 32.8 Å². The maximum Gasteiger partial charge on any atom is 0.304 e. The number of halogens is 2. The molecular formula is C14H19F2NO2. The average molecular weight is 271 g/mol. The number of nitrogens with zero attached hydrogens (tertiary/aromatic N) is 1. The Morgan fingerprint density at radius 2 is 1.74 bits per heavy atom. The molecule has 0 atom stereocenters. The summed E-state index contributed by atoms with van der Waals surface area (Å²) in [6.45, 7) is 6.45. The van der Waals surface area contributed by atoms with E-state index in [0.717, 1.165) is 6.07 Å². The second-order valence-electron chi connectivity index (χ2n) is 5.51. The van der Waals surface area contributed by atoms with Crippen molar-refractivity contribution in [3.63, 3.8) is 0 Å². The monoisotopic (exact) mass is 271 g/mol. The van der Waals surface area contributed by atoms with Gasteiger partial charge in [-0.1, -0.05) is 0 Å². The van der Waals surface area contributed by atoms with E-state index < -0.39 is 17.6 Å². The van der Waals surface area contributed by atoms with Crippen molar-refractivity contribution in [2.24, 2.45) is 0 Å². The van der Waals surface area contributed by atoms with Gasteiger partial charge in [0.25, 0.3) is 0 Å². The Morgan fingerprint density at radius 3 is 2.16 bits per heavy atom. The third-order valence-corrected chi connectivity index (χ3v) is 2.84. The lowest BCUT2D eigenvalue weighted by Gasteiger charge is -2.35. The molecule has 0 aromatic heterocycles. The Balaban J connectivity index is 2.84. The number of carboxylic acids is 1. The minimum absolute atomic E-state index is 0.00489. The lowest BCUT2D eigenvalue weighted by Crippen LogP contribution is -2.42. The van der Waals surface area contributed by atoms with Gasteiger partial charge in [0, 0.05) is 24.7 Å². The standard InChI is InChI=1S/C14H19F2NO2/c1-14(2,3)17(5-4-13(18)19)9-10-6-11(15)8-12(16)7-10/h6-8H,4-5,9H2,1-3H3,(H,18,19). The molecule has 0 saturated carbocycles. The minimum Gasteiger partial charge on any atom is -0.481 e. The Morgan fingerprint density at radius 1 is 1.21 bits per heavy atom. The number of carbonyl (C=O) groups is 1. The summed E-state index contributed by atoms with van der Waals surface area (Å²) in [6.07, 6.45) is -0.00489. The quantitative estimate of drug-likeness (QED) is 0.894. The van der Waals surface area contributed by atoms with E-state index in [1.54, 1.807) is 0 Å². The van der Waals surface area contributed by atoms with E-state index in [1.807, 2.05) is 25.7 Å². The third kappa shape index (κ3) is 5.34. The highest BCUT2D eigenvalue weighted by Crippen LogP contribution is 2.19. The van der Waals surface area contributed by atoms with Crippen LogP contribution in [0.2, 0.25) is 0 Å². The Hall–Kier alpha value is -1.49. The lowest BCUT2D eigenvalue weighted by atomic mass is 10.0. The summed E-state index contributed by atoms with van der Waals surface area (Å²) in [5.74, 6) is -2.14. The van der Waals surface area contributed by atoms with E-state index in [1.165, 1.54) is 12.1 Å². The maximum absolute atomic E-state index is 13.1. The van der Waals surface area contributed by atoms with Gasteiger partial charge in [0.2, 0.25) is 0 Å². The fourth-order valence-electron chi connectivity index (χ4n) is 1.80. The van der Waals surface area contributed by atoms with Crippen molar-refractivity contribution in [1.82, 2.24) is 4.90 Å². The molecule has 19 heavy (non-hydrogen) atoms. The highest BCUT2D eigenvalue weighted by molar-refractivity contribution is 5.66. The van der Waals surface area contributed by atoms with Gasteiger partial charge in [-0.15, -0.1) is 0 Å². The Bertz CT molecular complexity index is 435. The van der Waals surface area contributed by atoms with Crippen molar-refractivity contribution in [2.45, 2.75) is 39.3 Å². The lowest BCUT2D eigenvalue weighted by molar-refractivity contribution is -0.137. The first-order valence-corrected chi connectivity index (χ1v) is 6.10. The van der Waals surface area contributed by atoms with Crippen LogP contribution in [-0.2, 0) is 11.3 Å². The zero-order valence-electron chi connectivity index (χ0n) is 11.4. The molecule has 0 bridgehead atoms. The molecule has 0 spiro atoms. The van der Waals surface area contributed by atoms with Crippen molar-refractivity contribution in [3.8, 4) is 0 Å². The molecule has 1 N–H and O–H groups in total. The number of hydrogen-bond donors (Lipinski definition) is 1. The van der Waals surface area contributed by atoms with Gasteiger partial charge in [-0.2, -0.15) is 0 Å². The normalized spacial score (nSPS) is 11.9. The topological polar surface area (TPSA) is 40.5 Å². The van der Waals surface area contributed by atoms with Gasteiger partial charge >= 0.3 is 5.97 Å². The molecule has 0 aliphatic rings. The molecule has 5 heteroatoms. The van der Waals surface area contributed by atoms with Gasteiger partial charge in [-0.05, 0) is 38.5 Å². The summed E-state index contributed by atoms with van der Waals surface area (Å²) in [5.41, 5.74) is 0.218. The second-order valence-corrected chi connectivity index (χ2v) is 5.51. The number of aliphatic carboxylic acids is 1. The van der Waals surface area contributed by atoms with E-state index in [2.05, 4.69) is 0 Å². The van der Waals surface area contributed by atoms with Gasteiger partial charge in [0.15, 0.2) is 0 Å². The molecule has 0 amide bonds. The SMILES string of the molecule is CC(C)(C)N(CCC(=O)O)Cc1cc(F)cc(F)c1. The minimum atomic E-state index is -0.889. The number of hydrogen-bond acceptors (Lipinski definition) is 2. The zero-order valence-corrected chi connectivity index (χ0v) is 11.4. The van der Waals surface area contributed by atoms with E-state index in [4.69, 9.17) is 5.11 Å². The van der Waals surface area contributed by atoms with Crippen LogP contribution in [-0.4, -0.2) is 28.1 Å². The van der Waals surface area contributed by atoms with Crippen LogP contribution in [0.5, 0.6) is 0 Å². The van der Waals surface area contributed by atoms with Gasteiger partial charge in [-0.3, -0.25) is 9.69 Å². The summed E-state index contributed by atoms with van der Waals surface area (Å²) in [6, 6.07) is 3.35. The molecule has 1 rings (SSSR count). The van der Waals surface area contributed by atoms with Crippen LogP contribution in [0.3, 0.4) is 0 Å². The number of benzene rings is 1. The van der Waals surface area contributed by atoms with E-state index in [9.17, 15) is 13.6 Å². The van der Waals surface area contributed by atoms with Gasteiger partial charge < -0.3 is 5.11 Å². The number of rotatable bonds is 5. The predicted octanol–water partition coefficient (Wildman–Crippen LogP) is 3.04. The van der Waals surface area contributed by atoms with Crippen molar-refractivity contribution >= 4 is 5.97 Å². The molecule has 0 fully saturated rings. The van der Waals surface area contributed by atoms with Crippen molar-refractivity contribution in [3.05, 3.63) is 35.4 Å². The number of carboxylic acid groups (broad SMARTS) is 1. The van der Waals surface area contributed by atoms with E-state index in [-0.39, 0.29) is 12.0 Å². The van der Waals surface area contributed by atoms with Crippen LogP contribution >= 0.6 is 0 Å². The predicted molar refractivity (Wildman–Crippen MR) is 68.8 cm³/mol. The van der Waals surface area contributed by atoms with Crippen LogP contribution in [0.4, 0.5) is 8.78 Å². The fraction of sp³-hybridized carbons (Fsp3) is 0.500. The molecule has 0 saturated heterocycles. The molecule has 1 aromatic carbocycles. The molecule has 0 heterocycles. The Labute approximate surface area is 111 Å². The highest BCUT2D eigenvalue weighted by Gasteiger charge is 2.22. The molecule has 0 unspecified atom stereocenters. The van der Waals surface area contributed by atoms with Crippen LogP contribution in [0.15, 0.2) is 18.2 Å². The second kappa shape index (κ2) is 6.10. The van der Waals surface area contributed by atoms with Crippen LogP contribution in [0.25, 0.3) is 0 Å². The average Bonchev–Trinajstić information content (AvgIpc) is 2.20. The molecular weight excluding hydrogens is 252 g/mol. The Kier molecular flexibility index (Phi) is 5.00. The van der Waals surface area contributed by atoms with Crippen molar-refractivity contribution in [1.29, 1.82) is 0 Å². The summed E-state index contributed by atoms with van der Waals surface area (Å²) < 4.78 is 26.3. The van der Waals surface area contributed by atoms with Gasteiger partial charge in [-0.25, -0.2) is 8.78 Å². The molecule has 0 radical (unpaired) electrons. The molecule has 0 aliphatic carbocycles. The summed E-state index contributed by atoms with van der Waals surface area (Å²) in [7, 11) is 0. The van der Waals surface area contributed by atoms with Gasteiger partial charge in [0.05, 0.1) is 6.42 Å². The van der Waals surface area contributed by atoms with Crippen LogP contribution in [0, 0.1) is 11.6 Å². The summed E-state index contributed by atoms with van der Waals surface area (Å²) in [4.78, 5) is 12.5. The summed E-state index contributed by atoms with van der Waals surface area (Å²) >= 11 is 0. The van der Waals surface area contributed by atoms with E-state index in [0.29, 0.717) is 18.7 Å². The first-order chi connectivity index (χ1) is 8.68. The van der Waals surface area contributed by atoms with Crippen molar-refractivity contribution in [2.75, 3.05) is 6.54 Å². The van der Waals surface area contributed by atoms with Gasteiger partial charge in [0.1, 0.15) is 11.6 Å². The summed E-state index contributed by atoms with van der Waals surface area (Å²) in [5, 5.41) is 8.74. The largest absolute Gasteiger partial charge is 0.481 e. The van der Waals surface area contributed by atoms with Crippen molar-refractivity contribution < 1.29 is 18.7 Å². The molecule has 1 aromatic rings. The fourth-order valence-corrected chi connectivity index (χ4v) is 1.80. The molecule has 106 valence electrons. The van der Waals surface area contributed by atoms with E-state index >= 15 is 0 Å². The first-order valence-electron chi connectivity index (χ1n) is 6.10. The smallest absolute Gasteiger partial charge is 0.304 e.